The Hall–Kier alpha value is -4.27. The number of alkyl carbamates (subject to hydrolysis) is 1. The summed E-state index contributed by atoms with van der Waals surface area (Å²) in [4.78, 5) is 57.9. The molecule has 6 rings (SSSR count). The van der Waals surface area contributed by atoms with E-state index in [1.807, 2.05) is 0 Å². The monoisotopic (exact) mass is 608 g/mol. The number of aromatic nitrogens is 3. The van der Waals surface area contributed by atoms with E-state index >= 15 is 4.39 Å². The van der Waals surface area contributed by atoms with Gasteiger partial charge in [0.25, 0.3) is 5.91 Å². The number of halogens is 5. The number of imidazole rings is 1. The number of benzene rings is 1. The first-order chi connectivity index (χ1) is 19.9. The van der Waals surface area contributed by atoms with Gasteiger partial charge in [-0.25, -0.2) is 14.2 Å². The molecule has 1 atom stereocenters. The van der Waals surface area contributed by atoms with Crippen molar-refractivity contribution in [2.24, 2.45) is 0 Å². The number of carbonyl (C=O) groups excluding carboxylic acids is 4. The first kappa shape index (κ1) is 27.9. The molecule has 42 heavy (non-hydrogen) atoms. The fraction of sp³-hybridized carbons (Fsp3) is 0.385. The lowest BCUT2D eigenvalue weighted by Crippen LogP contribution is -2.52. The third-order valence-corrected chi connectivity index (χ3v) is 8.00. The van der Waals surface area contributed by atoms with Crippen molar-refractivity contribution in [2.45, 2.75) is 63.1 Å². The average Bonchev–Trinajstić information content (AvgIpc) is 3.46. The second-order valence-electron chi connectivity index (χ2n) is 10.3. The Bertz CT molecular complexity index is 1650. The van der Waals surface area contributed by atoms with Crippen LogP contribution in [0.15, 0.2) is 24.5 Å². The number of rotatable bonds is 5. The predicted molar refractivity (Wildman–Crippen MR) is 135 cm³/mol. The zero-order valence-corrected chi connectivity index (χ0v) is 22.3. The zero-order valence-electron chi connectivity index (χ0n) is 21.5. The number of fused-ring (bicyclic) bond motifs is 2. The SMILES string of the molecule is O=C1CC[C@H](N2Cc3c(Cl)cc(CNC(=O)OC4CC(n5c(C(F)(F)F)nc6ccncc65)C4)c(F)c3C2=O)C(=O)N1. The van der Waals surface area contributed by atoms with E-state index in [0.29, 0.717) is 0 Å². The third kappa shape index (κ3) is 4.80. The van der Waals surface area contributed by atoms with E-state index in [1.54, 1.807) is 0 Å². The molecule has 11 nitrogen and oxygen atoms in total. The summed E-state index contributed by atoms with van der Waals surface area (Å²) in [6.45, 7) is -0.511. The summed E-state index contributed by atoms with van der Waals surface area (Å²) in [5.41, 5.74) is 0.131. The molecule has 0 spiro atoms. The van der Waals surface area contributed by atoms with Gasteiger partial charge in [0, 0.05) is 60.7 Å². The molecule has 1 aromatic carbocycles. The van der Waals surface area contributed by atoms with Gasteiger partial charge in [-0.2, -0.15) is 13.2 Å². The Morgan fingerprint density at radius 3 is 2.71 bits per heavy atom. The Balaban J connectivity index is 1.09. The standard InChI is InChI=1S/C26H21ClF4N6O5/c27-15-5-11(21(28)20-14(15)10-36(23(20)40)17-1-2-19(38)35-22(17)39)8-33-25(41)42-13-6-12(7-13)37-18-9-32-4-3-16(18)34-24(37)26(29,30)31/h3-5,9,12-13,17H,1-2,6-8,10H2,(H,33,41)(H,35,38,39)/t12?,13?,17-/m0/s1. The molecule has 0 bridgehead atoms. The molecule has 0 unspecified atom stereocenters. The van der Waals surface area contributed by atoms with Crippen molar-refractivity contribution in [1.82, 2.24) is 30.1 Å². The molecule has 1 aliphatic carbocycles. The fourth-order valence-electron chi connectivity index (χ4n) is 5.56. The molecular weight excluding hydrogens is 588 g/mol. The summed E-state index contributed by atoms with van der Waals surface area (Å²) in [7, 11) is 0. The molecular formula is C26H21ClF4N6O5. The van der Waals surface area contributed by atoms with Gasteiger partial charge < -0.3 is 19.5 Å². The predicted octanol–water partition coefficient (Wildman–Crippen LogP) is 3.63. The lowest BCUT2D eigenvalue weighted by atomic mass is 9.88. The van der Waals surface area contributed by atoms with Crippen molar-refractivity contribution in [2.75, 3.05) is 0 Å². The van der Waals surface area contributed by atoms with E-state index in [2.05, 4.69) is 20.6 Å². The van der Waals surface area contributed by atoms with Crippen molar-refractivity contribution in [1.29, 1.82) is 0 Å². The Kier molecular flexibility index (Phi) is 6.78. The van der Waals surface area contributed by atoms with E-state index in [-0.39, 0.29) is 65.0 Å². The summed E-state index contributed by atoms with van der Waals surface area (Å²) in [6, 6.07) is 1.06. The molecule has 3 aliphatic rings. The van der Waals surface area contributed by atoms with Gasteiger partial charge in [0.1, 0.15) is 18.0 Å². The van der Waals surface area contributed by atoms with Gasteiger partial charge in [-0.3, -0.25) is 24.7 Å². The highest BCUT2D eigenvalue weighted by Crippen LogP contribution is 2.42. The highest BCUT2D eigenvalue weighted by Gasteiger charge is 2.44. The summed E-state index contributed by atoms with van der Waals surface area (Å²) in [5.74, 6) is -3.85. The number of imide groups is 1. The number of alkyl halides is 3. The van der Waals surface area contributed by atoms with E-state index in [9.17, 15) is 32.3 Å². The van der Waals surface area contributed by atoms with Crippen LogP contribution in [0.1, 0.15) is 59.0 Å². The van der Waals surface area contributed by atoms with Crippen molar-refractivity contribution in [3.05, 3.63) is 57.9 Å². The van der Waals surface area contributed by atoms with Crippen molar-refractivity contribution in [3.63, 3.8) is 0 Å². The van der Waals surface area contributed by atoms with E-state index in [1.165, 1.54) is 24.5 Å². The van der Waals surface area contributed by atoms with Crippen LogP contribution < -0.4 is 10.6 Å². The topological polar surface area (TPSA) is 136 Å². The summed E-state index contributed by atoms with van der Waals surface area (Å²) in [5, 5.41) is 4.60. The molecule has 1 saturated carbocycles. The van der Waals surface area contributed by atoms with Crippen LogP contribution in [0.2, 0.25) is 5.02 Å². The number of nitrogens with zero attached hydrogens (tertiary/aromatic N) is 4. The number of amides is 4. The maximum atomic E-state index is 15.4. The van der Waals surface area contributed by atoms with Gasteiger partial charge in [-0.1, -0.05) is 11.6 Å². The van der Waals surface area contributed by atoms with E-state index in [4.69, 9.17) is 16.3 Å². The molecule has 2 fully saturated rings. The minimum atomic E-state index is -4.69. The molecule has 3 aromatic rings. The van der Waals surface area contributed by atoms with E-state index in [0.717, 1.165) is 9.47 Å². The van der Waals surface area contributed by atoms with Crippen LogP contribution in [0, 0.1) is 5.82 Å². The number of carbonyl (C=O) groups is 4. The molecule has 220 valence electrons. The maximum absolute atomic E-state index is 15.4. The summed E-state index contributed by atoms with van der Waals surface area (Å²) in [6.07, 6.45) is -3.35. The first-order valence-corrected chi connectivity index (χ1v) is 13.3. The molecule has 16 heteroatoms. The number of nitrogens with one attached hydrogen (secondary N) is 2. The molecule has 2 aliphatic heterocycles. The summed E-state index contributed by atoms with van der Waals surface area (Å²) >= 11 is 6.32. The third-order valence-electron chi connectivity index (χ3n) is 7.66. The van der Waals surface area contributed by atoms with Crippen LogP contribution in [0.5, 0.6) is 0 Å². The molecule has 1 saturated heterocycles. The highest BCUT2D eigenvalue weighted by molar-refractivity contribution is 6.32. The van der Waals surface area contributed by atoms with Crippen molar-refractivity contribution in [3.8, 4) is 0 Å². The van der Waals surface area contributed by atoms with Crippen LogP contribution in [0.25, 0.3) is 11.0 Å². The lowest BCUT2D eigenvalue weighted by Gasteiger charge is -2.36. The molecule has 4 heterocycles. The lowest BCUT2D eigenvalue weighted by molar-refractivity contribution is -0.149. The maximum Gasteiger partial charge on any atom is 0.449 e. The molecule has 2 aromatic heterocycles. The minimum absolute atomic E-state index is 0.0331. The van der Waals surface area contributed by atoms with E-state index < -0.39 is 66.4 Å². The Labute approximate surface area is 239 Å². The van der Waals surface area contributed by atoms with Gasteiger partial charge in [0.05, 0.1) is 22.8 Å². The summed E-state index contributed by atoms with van der Waals surface area (Å²) < 4.78 is 62.5. The zero-order chi connectivity index (χ0) is 29.9. The normalized spacial score (nSPS) is 22.2. The van der Waals surface area contributed by atoms with Gasteiger partial charge in [0.15, 0.2) is 0 Å². The molecule has 4 amide bonds. The van der Waals surface area contributed by atoms with Gasteiger partial charge in [-0.15, -0.1) is 0 Å². The number of hydrogen-bond donors (Lipinski definition) is 2. The van der Waals surface area contributed by atoms with Crippen LogP contribution in [0.4, 0.5) is 22.4 Å². The first-order valence-electron chi connectivity index (χ1n) is 12.9. The second kappa shape index (κ2) is 10.2. The van der Waals surface area contributed by atoms with Crippen LogP contribution >= 0.6 is 11.6 Å². The van der Waals surface area contributed by atoms with Gasteiger partial charge in [-0.05, 0) is 18.6 Å². The molecule has 2 N–H and O–H groups in total. The average molecular weight is 609 g/mol. The highest BCUT2D eigenvalue weighted by atomic mass is 35.5. The van der Waals surface area contributed by atoms with Crippen molar-refractivity contribution >= 4 is 46.4 Å². The van der Waals surface area contributed by atoms with Crippen LogP contribution in [-0.4, -0.2) is 55.4 Å². The van der Waals surface area contributed by atoms with Crippen LogP contribution in [0.3, 0.4) is 0 Å². The quantitative estimate of drug-likeness (QED) is 0.334. The van der Waals surface area contributed by atoms with Crippen LogP contribution in [-0.2, 0) is 33.6 Å². The van der Waals surface area contributed by atoms with Gasteiger partial charge >= 0.3 is 12.3 Å². The second-order valence-corrected chi connectivity index (χ2v) is 10.7. The fourth-order valence-corrected chi connectivity index (χ4v) is 5.84. The molecule has 0 radical (unpaired) electrons. The number of pyridine rings is 1. The number of hydrogen-bond acceptors (Lipinski definition) is 7. The Morgan fingerprint density at radius 2 is 2.00 bits per heavy atom. The van der Waals surface area contributed by atoms with Gasteiger partial charge in [0.2, 0.25) is 17.6 Å². The smallest absolute Gasteiger partial charge is 0.446 e. The number of ether oxygens (including phenoxy) is 1. The largest absolute Gasteiger partial charge is 0.449 e. The Morgan fingerprint density at radius 1 is 1.24 bits per heavy atom. The number of piperidine rings is 1. The minimum Gasteiger partial charge on any atom is -0.446 e. The van der Waals surface area contributed by atoms with Crippen molar-refractivity contribution < 1.29 is 41.5 Å².